The Bertz CT molecular complexity index is 506. The SMILES string of the molecule is O=Cc1ccc(COc2ccccc2F)cc1. The molecule has 0 aliphatic heterocycles. The van der Waals surface area contributed by atoms with Crippen molar-refractivity contribution in [1.29, 1.82) is 0 Å². The summed E-state index contributed by atoms with van der Waals surface area (Å²) in [4.78, 5) is 10.5. The van der Waals surface area contributed by atoms with Crippen LogP contribution in [0.3, 0.4) is 0 Å². The molecule has 17 heavy (non-hydrogen) atoms. The number of carbonyl (C=O) groups excluding carboxylic acids is 1. The number of benzene rings is 2. The molecule has 0 spiro atoms. The molecule has 0 unspecified atom stereocenters. The molecular formula is C14H11FO2. The minimum Gasteiger partial charge on any atom is -0.486 e. The van der Waals surface area contributed by atoms with E-state index in [1.54, 1.807) is 42.5 Å². The van der Waals surface area contributed by atoms with Gasteiger partial charge in [-0.25, -0.2) is 4.39 Å². The van der Waals surface area contributed by atoms with Crippen molar-refractivity contribution in [2.45, 2.75) is 6.61 Å². The summed E-state index contributed by atoms with van der Waals surface area (Å²) in [6.45, 7) is 0.278. The van der Waals surface area contributed by atoms with Gasteiger partial charge in [-0.2, -0.15) is 0 Å². The molecule has 0 aliphatic rings. The largest absolute Gasteiger partial charge is 0.486 e. The first kappa shape index (κ1) is 11.3. The first-order chi connectivity index (χ1) is 8.29. The predicted molar refractivity (Wildman–Crippen MR) is 62.6 cm³/mol. The molecule has 0 fully saturated rings. The highest BCUT2D eigenvalue weighted by Crippen LogP contribution is 2.17. The fourth-order valence-electron chi connectivity index (χ4n) is 1.42. The zero-order valence-corrected chi connectivity index (χ0v) is 9.10. The first-order valence-electron chi connectivity index (χ1n) is 5.21. The van der Waals surface area contributed by atoms with Gasteiger partial charge in [0.1, 0.15) is 12.9 Å². The van der Waals surface area contributed by atoms with Crippen molar-refractivity contribution in [2.24, 2.45) is 0 Å². The summed E-state index contributed by atoms with van der Waals surface area (Å²) >= 11 is 0. The van der Waals surface area contributed by atoms with Crippen LogP contribution < -0.4 is 4.74 Å². The van der Waals surface area contributed by atoms with Crippen LogP contribution in [0.4, 0.5) is 4.39 Å². The molecule has 0 saturated heterocycles. The lowest BCUT2D eigenvalue weighted by atomic mass is 10.2. The Kier molecular flexibility index (Phi) is 3.50. The van der Waals surface area contributed by atoms with Crippen LogP contribution in [0.1, 0.15) is 15.9 Å². The van der Waals surface area contributed by atoms with Crippen LogP contribution in [-0.2, 0) is 6.61 Å². The van der Waals surface area contributed by atoms with E-state index in [0.29, 0.717) is 5.56 Å². The van der Waals surface area contributed by atoms with Crippen LogP contribution in [0.5, 0.6) is 5.75 Å². The van der Waals surface area contributed by atoms with Crippen LogP contribution in [0.2, 0.25) is 0 Å². The number of halogens is 1. The van der Waals surface area contributed by atoms with Crippen molar-refractivity contribution in [3.05, 3.63) is 65.5 Å². The quantitative estimate of drug-likeness (QED) is 0.754. The molecule has 0 bridgehead atoms. The molecule has 0 aliphatic carbocycles. The number of rotatable bonds is 4. The smallest absolute Gasteiger partial charge is 0.165 e. The van der Waals surface area contributed by atoms with E-state index in [1.807, 2.05) is 0 Å². The molecule has 3 heteroatoms. The van der Waals surface area contributed by atoms with Crippen LogP contribution in [0.15, 0.2) is 48.5 Å². The lowest BCUT2D eigenvalue weighted by molar-refractivity contribution is 0.112. The highest BCUT2D eigenvalue weighted by atomic mass is 19.1. The Morgan fingerprint density at radius 1 is 1.06 bits per heavy atom. The Morgan fingerprint density at radius 3 is 2.41 bits per heavy atom. The Hall–Kier alpha value is -2.16. The molecule has 2 aromatic carbocycles. The van der Waals surface area contributed by atoms with E-state index in [-0.39, 0.29) is 18.2 Å². The highest BCUT2D eigenvalue weighted by Gasteiger charge is 2.01. The maximum Gasteiger partial charge on any atom is 0.165 e. The van der Waals surface area contributed by atoms with Crippen LogP contribution in [-0.4, -0.2) is 6.29 Å². The molecule has 2 aromatic rings. The molecule has 0 radical (unpaired) electrons. The second kappa shape index (κ2) is 5.25. The lowest BCUT2D eigenvalue weighted by Gasteiger charge is -2.06. The molecular weight excluding hydrogens is 219 g/mol. The summed E-state index contributed by atoms with van der Waals surface area (Å²) in [5, 5.41) is 0. The van der Waals surface area contributed by atoms with E-state index < -0.39 is 0 Å². The van der Waals surface area contributed by atoms with Gasteiger partial charge in [0.05, 0.1) is 0 Å². The second-order valence-electron chi connectivity index (χ2n) is 3.58. The molecule has 2 nitrogen and oxygen atoms in total. The molecule has 0 saturated carbocycles. The Morgan fingerprint density at radius 2 is 1.76 bits per heavy atom. The van der Waals surface area contributed by atoms with Crippen molar-refractivity contribution in [1.82, 2.24) is 0 Å². The number of carbonyl (C=O) groups is 1. The number of aldehydes is 1. The van der Waals surface area contributed by atoms with Gasteiger partial charge in [0, 0.05) is 5.56 Å². The molecule has 0 atom stereocenters. The van der Waals surface area contributed by atoms with Gasteiger partial charge in [-0.3, -0.25) is 4.79 Å². The maximum absolute atomic E-state index is 13.2. The van der Waals surface area contributed by atoms with E-state index in [9.17, 15) is 9.18 Å². The number of para-hydroxylation sites is 1. The molecule has 0 heterocycles. The standard InChI is InChI=1S/C14H11FO2/c15-13-3-1-2-4-14(13)17-10-12-7-5-11(9-16)6-8-12/h1-9H,10H2. The molecule has 0 N–H and O–H groups in total. The third-order valence-electron chi connectivity index (χ3n) is 2.35. The number of hydrogen-bond acceptors (Lipinski definition) is 2. The van der Waals surface area contributed by atoms with Gasteiger partial charge in [-0.15, -0.1) is 0 Å². The van der Waals surface area contributed by atoms with Gasteiger partial charge in [-0.05, 0) is 17.7 Å². The van der Waals surface area contributed by atoms with Crippen molar-refractivity contribution in [3.8, 4) is 5.75 Å². The summed E-state index contributed by atoms with van der Waals surface area (Å²) in [6, 6.07) is 13.2. The topological polar surface area (TPSA) is 26.3 Å². The van der Waals surface area contributed by atoms with Gasteiger partial charge in [0.2, 0.25) is 0 Å². The zero-order valence-electron chi connectivity index (χ0n) is 9.10. The van der Waals surface area contributed by atoms with Gasteiger partial charge < -0.3 is 4.74 Å². The average molecular weight is 230 g/mol. The lowest BCUT2D eigenvalue weighted by Crippen LogP contribution is -1.97. The van der Waals surface area contributed by atoms with E-state index in [0.717, 1.165) is 11.8 Å². The van der Waals surface area contributed by atoms with Crippen molar-refractivity contribution >= 4 is 6.29 Å². The summed E-state index contributed by atoms with van der Waals surface area (Å²) in [6.07, 6.45) is 0.779. The van der Waals surface area contributed by atoms with Crippen LogP contribution >= 0.6 is 0 Å². The first-order valence-corrected chi connectivity index (χ1v) is 5.21. The molecule has 0 amide bonds. The Balaban J connectivity index is 2.02. The maximum atomic E-state index is 13.2. The second-order valence-corrected chi connectivity index (χ2v) is 3.58. The fourth-order valence-corrected chi connectivity index (χ4v) is 1.42. The fraction of sp³-hybridized carbons (Fsp3) is 0.0714. The van der Waals surface area contributed by atoms with Gasteiger partial charge in [-0.1, -0.05) is 36.4 Å². The molecule has 0 aromatic heterocycles. The summed E-state index contributed by atoms with van der Waals surface area (Å²) in [5.74, 6) is -0.149. The molecule has 86 valence electrons. The minimum absolute atomic E-state index is 0.229. The molecule has 2 rings (SSSR count). The number of ether oxygens (including phenoxy) is 1. The van der Waals surface area contributed by atoms with Crippen molar-refractivity contribution in [2.75, 3.05) is 0 Å². The normalized spacial score (nSPS) is 9.94. The highest BCUT2D eigenvalue weighted by molar-refractivity contribution is 5.74. The monoisotopic (exact) mass is 230 g/mol. The minimum atomic E-state index is -0.378. The Labute approximate surface area is 98.7 Å². The third kappa shape index (κ3) is 2.91. The predicted octanol–water partition coefficient (Wildman–Crippen LogP) is 3.22. The number of hydrogen-bond donors (Lipinski definition) is 0. The van der Waals surface area contributed by atoms with Gasteiger partial charge >= 0.3 is 0 Å². The zero-order chi connectivity index (χ0) is 12.1. The third-order valence-corrected chi connectivity index (χ3v) is 2.35. The van der Waals surface area contributed by atoms with Crippen molar-refractivity contribution < 1.29 is 13.9 Å². The summed E-state index contributed by atoms with van der Waals surface area (Å²) < 4.78 is 18.6. The van der Waals surface area contributed by atoms with Gasteiger partial charge in [0.15, 0.2) is 11.6 Å². The van der Waals surface area contributed by atoms with Crippen LogP contribution in [0.25, 0.3) is 0 Å². The van der Waals surface area contributed by atoms with E-state index in [4.69, 9.17) is 4.74 Å². The van der Waals surface area contributed by atoms with E-state index in [1.165, 1.54) is 6.07 Å². The van der Waals surface area contributed by atoms with E-state index >= 15 is 0 Å². The average Bonchev–Trinajstić information content (AvgIpc) is 2.38. The van der Waals surface area contributed by atoms with Gasteiger partial charge in [0.25, 0.3) is 0 Å². The van der Waals surface area contributed by atoms with E-state index in [2.05, 4.69) is 0 Å². The summed E-state index contributed by atoms with van der Waals surface area (Å²) in [7, 11) is 0. The van der Waals surface area contributed by atoms with Crippen LogP contribution in [0, 0.1) is 5.82 Å². The summed E-state index contributed by atoms with van der Waals surface area (Å²) in [5.41, 5.74) is 1.50. The van der Waals surface area contributed by atoms with Crippen molar-refractivity contribution in [3.63, 3.8) is 0 Å².